The predicted octanol–water partition coefficient (Wildman–Crippen LogP) is 6.34. The van der Waals surface area contributed by atoms with Gasteiger partial charge in [0, 0.05) is 0 Å². The van der Waals surface area contributed by atoms with Crippen molar-refractivity contribution in [1.82, 2.24) is 0 Å². The summed E-state index contributed by atoms with van der Waals surface area (Å²) in [5.41, 5.74) is 0. The molecule has 0 saturated heterocycles. The van der Waals surface area contributed by atoms with E-state index in [2.05, 4.69) is 32.9 Å². The Labute approximate surface area is 145 Å². The van der Waals surface area contributed by atoms with Gasteiger partial charge in [-0.25, -0.2) is 0 Å². The van der Waals surface area contributed by atoms with Crippen molar-refractivity contribution < 1.29 is 5.11 Å². The third kappa shape index (κ3) is 6.84. The van der Waals surface area contributed by atoms with Gasteiger partial charge in [-0.3, -0.25) is 0 Å². The molecule has 0 radical (unpaired) electrons. The molecule has 0 saturated carbocycles. The molecular formula is C21H39OP. The average molecular weight is 339 g/mol. The Morgan fingerprint density at radius 2 is 1.13 bits per heavy atom. The first kappa shape index (κ1) is 20.5. The third-order valence-electron chi connectivity index (χ3n) is 5.25. The molecule has 0 aliphatic heterocycles. The topological polar surface area (TPSA) is 20.2 Å². The van der Waals surface area contributed by atoms with E-state index in [1.54, 1.807) is 0 Å². The fourth-order valence-corrected chi connectivity index (χ4v) is 9.26. The van der Waals surface area contributed by atoms with Crippen LogP contribution in [0.4, 0.5) is 0 Å². The van der Waals surface area contributed by atoms with Crippen LogP contribution in [-0.4, -0.2) is 23.6 Å². The van der Waals surface area contributed by atoms with Crippen LogP contribution in [0.15, 0.2) is 24.3 Å². The number of phenolic OH excluding ortho intramolecular Hbond substituents is 1. The summed E-state index contributed by atoms with van der Waals surface area (Å²) in [7, 11) is -1.58. The Morgan fingerprint density at radius 1 is 0.696 bits per heavy atom. The fourth-order valence-electron chi connectivity index (χ4n) is 3.84. The van der Waals surface area contributed by atoms with E-state index in [0.29, 0.717) is 5.75 Å². The summed E-state index contributed by atoms with van der Waals surface area (Å²) in [6.07, 6.45) is 16.0. The molecule has 0 heterocycles. The summed E-state index contributed by atoms with van der Waals surface area (Å²) in [6.45, 7) is 6.87. The number of para-hydroxylation sites is 1. The van der Waals surface area contributed by atoms with Crippen LogP contribution in [0, 0.1) is 0 Å². The summed E-state index contributed by atoms with van der Waals surface area (Å²) in [4.78, 5) is 0. The predicted molar refractivity (Wildman–Crippen MR) is 109 cm³/mol. The number of hydrogen-bond donors (Lipinski definition) is 1. The van der Waals surface area contributed by atoms with Crippen LogP contribution < -0.4 is 5.30 Å². The first-order valence-electron chi connectivity index (χ1n) is 9.98. The Bertz CT molecular complexity index is 390. The van der Waals surface area contributed by atoms with Crippen molar-refractivity contribution in [2.45, 2.75) is 78.6 Å². The third-order valence-corrected chi connectivity index (χ3v) is 10.7. The van der Waals surface area contributed by atoms with Crippen molar-refractivity contribution in [3.05, 3.63) is 24.3 Å². The SMILES string of the molecule is CCCCC[PH](CCCCC)(CCCCC)c1ccccc1O. The average Bonchev–Trinajstić information content (AvgIpc) is 2.55. The number of aromatic hydroxyl groups is 1. The van der Waals surface area contributed by atoms with Crippen LogP contribution in [0.25, 0.3) is 0 Å². The van der Waals surface area contributed by atoms with E-state index in [0.717, 1.165) is 0 Å². The molecule has 0 bridgehead atoms. The van der Waals surface area contributed by atoms with Crippen molar-refractivity contribution >= 4 is 12.6 Å². The minimum atomic E-state index is -1.58. The molecule has 134 valence electrons. The molecule has 1 N–H and O–H groups in total. The number of unbranched alkanes of at least 4 members (excludes halogenated alkanes) is 6. The molecule has 0 aromatic heterocycles. The van der Waals surface area contributed by atoms with Crippen molar-refractivity contribution in [2.24, 2.45) is 0 Å². The van der Waals surface area contributed by atoms with Crippen molar-refractivity contribution in [1.29, 1.82) is 0 Å². The van der Waals surface area contributed by atoms with Gasteiger partial charge >= 0.3 is 145 Å². The van der Waals surface area contributed by atoms with E-state index in [4.69, 9.17) is 0 Å². The second-order valence-corrected chi connectivity index (χ2v) is 11.8. The van der Waals surface area contributed by atoms with E-state index in [-0.39, 0.29) is 0 Å². The zero-order chi connectivity index (χ0) is 17.0. The summed E-state index contributed by atoms with van der Waals surface area (Å²) in [5, 5.41) is 11.9. The summed E-state index contributed by atoms with van der Waals surface area (Å²) >= 11 is 0. The number of rotatable bonds is 13. The van der Waals surface area contributed by atoms with Crippen LogP contribution in [0.3, 0.4) is 0 Å². The van der Waals surface area contributed by atoms with Gasteiger partial charge < -0.3 is 0 Å². The molecule has 0 aliphatic rings. The van der Waals surface area contributed by atoms with E-state index >= 15 is 0 Å². The molecule has 0 aliphatic carbocycles. The quantitative estimate of drug-likeness (QED) is 0.329. The number of benzene rings is 1. The van der Waals surface area contributed by atoms with Crippen LogP contribution in [-0.2, 0) is 0 Å². The maximum absolute atomic E-state index is 10.6. The Morgan fingerprint density at radius 3 is 1.52 bits per heavy atom. The van der Waals surface area contributed by atoms with Crippen LogP contribution >= 0.6 is 7.26 Å². The van der Waals surface area contributed by atoms with E-state index in [1.165, 1.54) is 81.6 Å². The minimum absolute atomic E-state index is 0.573. The molecule has 23 heavy (non-hydrogen) atoms. The summed E-state index contributed by atoms with van der Waals surface area (Å²) in [5.74, 6) is 0.573. The molecule has 1 aromatic carbocycles. The molecule has 1 nitrogen and oxygen atoms in total. The van der Waals surface area contributed by atoms with Gasteiger partial charge in [0.2, 0.25) is 0 Å². The van der Waals surface area contributed by atoms with Crippen molar-refractivity contribution in [2.75, 3.05) is 18.5 Å². The molecular weight excluding hydrogens is 299 g/mol. The van der Waals surface area contributed by atoms with E-state index in [9.17, 15) is 5.11 Å². The van der Waals surface area contributed by atoms with Crippen molar-refractivity contribution in [3.63, 3.8) is 0 Å². The zero-order valence-corrected chi connectivity index (χ0v) is 16.7. The van der Waals surface area contributed by atoms with Gasteiger partial charge in [0.1, 0.15) is 0 Å². The van der Waals surface area contributed by atoms with E-state index < -0.39 is 7.26 Å². The first-order chi connectivity index (χ1) is 11.2. The molecule has 0 spiro atoms. The monoisotopic (exact) mass is 338 g/mol. The maximum atomic E-state index is 10.6. The van der Waals surface area contributed by atoms with Gasteiger partial charge in [-0.2, -0.15) is 0 Å². The Kier molecular flexibility index (Phi) is 10.6. The number of phenols is 1. The van der Waals surface area contributed by atoms with Gasteiger partial charge in [0.05, 0.1) is 0 Å². The number of hydrogen-bond acceptors (Lipinski definition) is 1. The zero-order valence-electron chi connectivity index (χ0n) is 15.7. The van der Waals surface area contributed by atoms with Gasteiger partial charge in [-0.1, -0.05) is 0 Å². The summed E-state index contributed by atoms with van der Waals surface area (Å²) < 4.78 is 0. The van der Waals surface area contributed by atoms with Crippen LogP contribution in [0.1, 0.15) is 78.6 Å². The van der Waals surface area contributed by atoms with E-state index in [1.807, 2.05) is 12.1 Å². The van der Waals surface area contributed by atoms with Crippen molar-refractivity contribution in [3.8, 4) is 5.75 Å². The van der Waals surface area contributed by atoms with Crippen LogP contribution in [0.2, 0.25) is 0 Å². The molecule has 2 heteroatoms. The molecule has 1 rings (SSSR count). The van der Waals surface area contributed by atoms with Gasteiger partial charge in [-0.15, -0.1) is 0 Å². The Balaban J connectivity index is 3.01. The molecule has 0 fully saturated rings. The molecule has 1 aromatic rings. The Hall–Kier alpha value is -0.550. The second kappa shape index (κ2) is 11.9. The molecule has 0 unspecified atom stereocenters. The molecule has 0 amide bonds. The fraction of sp³-hybridized carbons (Fsp3) is 0.714. The van der Waals surface area contributed by atoms with Gasteiger partial charge in [0.25, 0.3) is 0 Å². The van der Waals surface area contributed by atoms with Crippen LogP contribution in [0.5, 0.6) is 5.75 Å². The normalized spacial score (nSPS) is 12.5. The second-order valence-electron chi connectivity index (χ2n) is 7.17. The summed E-state index contributed by atoms with van der Waals surface area (Å²) in [6, 6.07) is 8.26. The molecule has 0 atom stereocenters. The van der Waals surface area contributed by atoms with Gasteiger partial charge in [-0.05, 0) is 0 Å². The standard InChI is InChI=1S/C21H39OP/c1-4-7-12-17-23(18-13-8-5-2,19-14-9-6-3)21-16-11-10-15-20(21)22/h10-11,15-16,22-23H,4-9,12-14,17-19H2,1-3H3. The van der Waals surface area contributed by atoms with Gasteiger partial charge in [0.15, 0.2) is 0 Å². The first-order valence-corrected chi connectivity index (χ1v) is 12.6.